The first-order valence-corrected chi connectivity index (χ1v) is 8.21. The van der Waals surface area contributed by atoms with Crippen molar-refractivity contribution in [3.63, 3.8) is 0 Å². The molecule has 0 saturated heterocycles. The van der Waals surface area contributed by atoms with Crippen molar-refractivity contribution in [2.45, 2.75) is 20.3 Å². The quantitative estimate of drug-likeness (QED) is 0.714. The summed E-state index contributed by atoms with van der Waals surface area (Å²) in [5.41, 5.74) is 1.88. The van der Waals surface area contributed by atoms with Gasteiger partial charge in [-0.1, -0.05) is 19.1 Å². The second kappa shape index (κ2) is 7.21. The van der Waals surface area contributed by atoms with Crippen LogP contribution in [0.2, 0.25) is 0 Å². The van der Waals surface area contributed by atoms with Crippen molar-refractivity contribution < 1.29 is 13.9 Å². The Morgan fingerprint density at radius 1 is 1.08 bits per heavy atom. The SMILES string of the molecule is CCOc1ccc2c(C(=O)Nc3ccc(CC)cc3)cc(=O)oc2c1. The Bertz CT molecular complexity index is 958. The number of hydrogen-bond donors (Lipinski definition) is 1. The van der Waals surface area contributed by atoms with Gasteiger partial charge >= 0.3 is 5.63 Å². The average Bonchev–Trinajstić information content (AvgIpc) is 2.61. The molecule has 0 saturated carbocycles. The number of benzene rings is 2. The van der Waals surface area contributed by atoms with Gasteiger partial charge in [-0.3, -0.25) is 4.79 Å². The highest BCUT2D eigenvalue weighted by atomic mass is 16.5. The molecule has 5 heteroatoms. The van der Waals surface area contributed by atoms with Crippen molar-refractivity contribution in [3.05, 3.63) is 70.1 Å². The standard InChI is InChI=1S/C20H19NO4/c1-3-13-5-7-14(8-6-13)21-20(23)17-12-19(22)25-18-11-15(24-4-2)9-10-16(17)18/h5-12H,3-4H2,1-2H3,(H,21,23). The zero-order valence-electron chi connectivity index (χ0n) is 14.2. The van der Waals surface area contributed by atoms with Crippen molar-refractivity contribution in [2.75, 3.05) is 11.9 Å². The van der Waals surface area contributed by atoms with Gasteiger partial charge in [-0.05, 0) is 43.2 Å². The van der Waals surface area contributed by atoms with E-state index in [4.69, 9.17) is 9.15 Å². The smallest absolute Gasteiger partial charge is 0.337 e. The summed E-state index contributed by atoms with van der Waals surface area (Å²) in [5, 5.41) is 3.38. The van der Waals surface area contributed by atoms with E-state index in [1.54, 1.807) is 18.2 Å². The second-order valence-corrected chi connectivity index (χ2v) is 5.57. The van der Waals surface area contributed by atoms with Gasteiger partial charge in [0.05, 0.1) is 12.2 Å². The molecule has 2 aromatic carbocycles. The van der Waals surface area contributed by atoms with E-state index in [1.165, 1.54) is 11.6 Å². The molecule has 1 amide bonds. The van der Waals surface area contributed by atoms with E-state index in [1.807, 2.05) is 31.2 Å². The fourth-order valence-corrected chi connectivity index (χ4v) is 2.61. The van der Waals surface area contributed by atoms with Crippen LogP contribution >= 0.6 is 0 Å². The van der Waals surface area contributed by atoms with Crippen LogP contribution in [0.3, 0.4) is 0 Å². The molecule has 128 valence electrons. The molecule has 1 heterocycles. The predicted octanol–water partition coefficient (Wildman–Crippen LogP) is 4.01. The lowest BCUT2D eigenvalue weighted by atomic mass is 10.1. The number of nitrogens with one attached hydrogen (secondary N) is 1. The van der Waals surface area contributed by atoms with Crippen LogP contribution in [0.5, 0.6) is 5.75 Å². The Hall–Kier alpha value is -3.08. The third-order valence-electron chi connectivity index (χ3n) is 3.89. The number of carbonyl (C=O) groups is 1. The van der Waals surface area contributed by atoms with Crippen molar-refractivity contribution in [3.8, 4) is 5.75 Å². The Kier molecular flexibility index (Phi) is 4.84. The summed E-state index contributed by atoms with van der Waals surface area (Å²) in [5.74, 6) is 0.233. The lowest BCUT2D eigenvalue weighted by Gasteiger charge is -2.09. The zero-order chi connectivity index (χ0) is 17.8. The summed E-state index contributed by atoms with van der Waals surface area (Å²) in [6, 6.07) is 13.9. The van der Waals surface area contributed by atoms with Gasteiger partial charge in [0.1, 0.15) is 11.3 Å². The van der Waals surface area contributed by atoms with Crippen molar-refractivity contribution >= 4 is 22.6 Å². The molecule has 0 unspecified atom stereocenters. The van der Waals surface area contributed by atoms with E-state index in [-0.39, 0.29) is 11.5 Å². The second-order valence-electron chi connectivity index (χ2n) is 5.57. The summed E-state index contributed by atoms with van der Waals surface area (Å²) in [4.78, 5) is 24.4. The van der Waals surface area contributed by atoms with E-state index >= 15 is 0 Å². The summed E-state index contributed by atoms with van der Waals surface area (Å²) in [6.45, 7) is 4.44. The zero-order valence-corrected chi connectivity index (χ0v) is 14.2. The number of ether oxygens (including phenoxy) is 1. The third kappa shape index (κ3) is 3.71. The highest BCUT2D eigenvalue weighted by Crippen LogP contribution is 2.23. The van der Waals surface area contributed by atoms with Gasteiger partial charge < -0.3 is 14.5 Å². The first kappa shape index (κ1) is 16.8. The molecule has 5 nitrogen and oxygen atoms in total. The fourth-order valence-electron chi connectivity index (χ4n) is 2.61. The molecule has 0 spiro atoms. The number of carbonyl (C=O) groups excluding carboxylic acids is 1. The molecular weight excluding hydrogens is 318 g/mol. The van der Waals surface area contributed by atoms with Gasteiger partial charge in [-0.2, -0.15) is 0 Å². The van der Waals surface area contributed by atoms with Gasteiger partial charge in [0.25, 0.3) is 5.91 Å². The molecule has 0 fully saturated rings. The van der Waals surface area contributed by atoms with Gasteiger partial charge in [-0.25, -0.2) is 4.79 Å². The highest BCUT2D eigenvalue weighted by molar-refractivity contribution is 6.12. The maximum absolute atomic E-state index is 12.6. The highest BCUT2D eigenvalue weighted by Gasteiger charge is 2.14. The van der Waals surface area contributed by atoms with E-state index < -0.39 is 5.63 Å². The minimum absolute atomic E-state index is 0.272. The fraction of sp³-hybridized carbons (Fsp3) is 0.200. The summed E-state index contributed by atoms with van der Waals surface area (Å²) in [6.07, 6.45) is 0.931. The van der Waals surface area contributed by atoms with Gasteiger partial charge in [-0.15, -0.1) is 0 Å². The Balaban J connectivity index is 1.95. The van der Waals surface area contributed by atoms with Crippen LogP contribution in [0.25, 0.3) is 11.0 Å². The number of amides is 1. The van der Waals surface area contributed by atoms with Gasteiger partial charge in [0.15, 0.2) is 0 Å². The Morgan fingerprint density at radius 3 is 2.52 bits per heavy atom. The molecule has 0 radical (unpaired) electrons. The van der Waals surface area contributed by atoms with Crippen LogP contribution in [0.1, 0.15) is 29.8 Å². The first-order valence-electron chi connectivity index (χ1n) is 8.21. The number of rotatable bonds is 5. The molecule has 0 atom stereocenters. The Morgan fingerprint density at radius 2 is 1.84 bits per heavy atom. The van der Waals surface area contributed by atoms with E-state index in [2.05, 4.69) is 12.2 Å². The van der Waals surface area contributed by atoms with Crippen LogP contribution in [-0.4, -0.2) is 12.5 Å². The topological polar surface area (TPSA) is 68.5 Å². The van der Waals surface area contributed by atoms with Crippen LogP contribution in [0.15, 0.2) is 57.7 Å². The monoisotopic (exact) mass is 337 g/mol. The van der Waals surface area contributed by atoms with Crippen molar-refractivity contribution in [1.29, 1.82) is 0 Å². The van der Waals surface area contributed by atoms with E-state index in [0.29, 0.717) is 29.0 Å². The largest absolute Gasteiger partial charge is 0.494 e. The van der Waals surface area contributed by atoms with Crippen LogP contribution in [0, 0.1) is 0 Å². The average molecular weight is 337 g/mol. The van der Waals surface area contributed by atoms with Gasteiger partial charge in [0.2, 0.25) is 0 Å². The lowest BCUT2D eigenvalue weighted by Crippen LogP contribution is -2.15. The molecule has 3 rings (SSSR count). The van der Waals surface area contributed by atoms with Crippen LogP contribution in [-0.2, 0) is 6.42 Å². The summed E-state index contributed by atoms with van der Waals surface area (Å²) >= 11 is 0. The number of hydrogen-bond acceptors (Lipinski definition) is 4. The Labute approximate surface area is 145 Å². The third-order valence-corrected chi connectivity index (χ3v) is 3.89. The van der Waals surface area contributed by atoms with Crippen LogP contribution < -0.4 is 15.7 Å². The number of aryl methyl sites for hydroxylation is 1. The maximum Gasteiger partial charge on any atom is 0.337 e. The molecule has 1 aromatic heterocycles. The minimum atomic E-state index is -0.576. The lowest BCUT2D eigenvalue weighted by molar-refractivity contribution is 0.102. The predicted molar refractivity (Wildman–Crippen MR) is 97.4 cm³/mol. The molecule has 3 aromatic rings. The normalized spacial score (nSPS) is 10.6. The summed E-state index contributed by atoms with van der Waals surface area (Å²) in [7, 11) is 0. The van der Waals surface area contributed by atoms with E-state index in [9.17, 15) is 9.59 Å². The molecule has 1 N–H and O–H groups in total. The molecule has 0 aliphatic heterocycles. The van der Waals surface area contributed by atoms with Crippen LogP contribution in [0.4, 0.5) is 5.69 Å². The maximum atomic E-state index is 12.6. The van der Waals surface area contributed by atoms with Crippen molar-refractivity contribution in [1.82, 2.24) is 0 Å². The van der Waals surface area contributed by atoms with E-state index in [0.717, 1.165) is 6.42 Å². The molecule has 0 aliphatic rings. The summed E-state index contributed by atoms with van der Waals surface area (Å²) < 4.78 is 10.6. The van der Waals surface area contributed by atoms with Gasteiger partial charge in [0, 0.05) is 23.2 Å². The van der Waals surface area contributed by atoms with Crippen molar-refractivity contribution in [2.24, 2.45) is 0 Å². The molecule has 0 aliphatic carbocycles. The first-order chi connectivity index (χ1) is 12.1. The molecule has 25 heavy (non-hydrogen) atoms. The number of anilines is 1. The number of fused-ring (bicyclic) bond motifs is 1. The molecular formula is C20H19NO4. The minimum Gasteiger partial charge on any atom is -0.494 e. The molecule has 0 bridgehead atoms.